The summed E-state index contributed by atoms with van der Waals surface area (Å²) in [6.07, 6.45) is 1.32. The van der Waals surface area contributed by atoms with Gasteiger partial charge in [0.15, 0.2) is 8.32 Å². The number of piperazine rings is 1. The molecule has 0 N–H and O–H groups in total. The van der Waals surface area contributed by atoms with Crippen molar-refractivity contribution < 1.29 is 4.43 Å². The van der Waals surface area contributed by atoms with E-state index in [0.717, 1.165) is 6.61 Å². The molecule has 0 aromatic heterocycles. The van der Waals surface area contributed by atoms with Crippen LogP contribution in [0.4, 0.5) is 0 Å². The summed E-state index contributed by atoms with van der Waals surface area (Å²) in [7, 11) is -2.50. The van der Waals surface area contributed by atoms with Crippen molar-refractivity contribution in [3.05, 3.63) is 0 Å². The highest BCUT2D eigenvalue weighted by Crippen LogP contribution is 2.26. The highest BCUT2D eigenvalue weighted by molar-refractivity contribution is 6.77. The van der Waals surface area contributed by atoms with E-state index in [0.29, 0.717) is 0 Å². The van der Waals surface area contributed by atoms with Gasteiger partial charge in [0.05, 0.1) is 0 Å². The number of nitrogens with zero attached hydrogens (tertiary/aromatic N) is 2. The molecule has 1 heterocycles. The Labute approximate surface area is 141 Å². The SMILES string of the molecule is CCO[Si](C)(C)CCCN1CCN([Si](CC)(CC)CC)CC1. The van der Waals surface area contributed by atoms with E-state index in [1.54, 1.807) is 0 Å². The third-order valence-corrected chi connectivity index (χ3v) is 14.2. The van der Waals surface area contributed by atoms with Crippen LogP contribution in [-0.4, -0.2) is 65.3 Å². The molecule has 0 aromatic rings. The van der Waals surface area contributed by atoms with Gasteiger partial charge < -0.3 is 13.9 Å². The maximum Gasteiger partial charge on any atom is 0.186 e. The van der Waals surface area contributed by atoms with Gasteiger partial charge in [-0.1, -0.05) is 20.8 Å². The lowest BCUT2D eigenvalue weighted by Crippen LogP contribution is -2.59. The minimum atomic E-state index is -1.38. The highest BCUT2D eigenvalue weighted by Gasteiger charge is 2.36. The molecule has 5 heteroatoms. The lowest BCUT2D eigenvalue weighted by atomic mass is 10.3. The fraction of sp³-hybridized carbons (Fsp3) is 1.00. The minimum Gasteiger partial charge on any atom is -0.418 e. The first-order valence-electron chi connectivity index (χ1n) is 9.54. The number of rotatable bonds is 10. The van der Waals surface area contributed by atoms with E-state index < -0.39 is 16.6 Å². The molecule has 1 rings (SSSR count). The zero-order valence-electron chi connectivity index (χ0n) is 16.1. The van der Waals surface area contributed by atoms with Crippen LogP contribution in [0, 0.1) is 0 Å². The fourth-order valence-corrected chi connectivity index (χ4v) is 9.98. The Kier molecular flexibility index (Phi) is 8.86. The van der Waals surface area contributed by atoms with E-state index in [2.05, 4.69) is 50.3 Å². The molecule has 0 spiro atoms. The molecule has 0 aliphatic carbocycles. The molecule has 0 unspecified atom stereocenters. The summed E-state index contributed by atoms with van der Waals surface area (Å²) >= 11 is 0. The van der Waals surface area contributed by atoms with Crippen LogP contribution in [0.1, 0.15) is 34.1 Å². The van der Waals surface area contributed by atoms with Gasteiger partial charge >= 0.3 is 0 Å². The van der Waals surface area contributed by atoms with Gasteiger partial charge in [-0.25, -0.2) is 0 Å². The standard InChI is InChI=1S/C17H40N2OSi2/c1-7-20-21(5,6)17-11-12-18-13-15-19(16-14-18)22(8-2,9-3)10-4/h7-17H2,1-6H3. The van der Waals surface area contributed by atoms with E-state index in [1.165, 1.54) is 63.3 Å². The van der Waals surface area contributed by atoms with Gasteiger partial charge in [0.25, 0.3) is 0 Å². The maximum absolute atomic E-state index is 5.94. The van der Waals surface area contributed by atoms with Crippen LogP contribution in [0.25, 0.3) is 0 Å². The van der Waals surface area contributed by atoms with E-state index in [4.69, 9.17) is 4.43 Å². The summed E-state index contributed by atoms with van der Waals surface area (Å²) in [5, 5.41) is 0. The molecule has 22 heavy (non-hydrogen) atoms. The molecule has 0 bridgehead atoms. The topological polar surface area (TPSA) is 15.7 Å². The Morgan fingerprint density at radius 3 is 1.86 bits per heavy atom. The van der Waals surface area contributed by atoms with Crippen molar-refractivity contribution in [3.63, 3.8) is 0 Å². The van der Waals surface area contributed by atoms with E-state index in [9.17, 15) is 0 Å². The zero-order chi connectivity index (χ0) is 16.6. The van der Waals surface area contributed by atoms with Crippen LogP contribution in [0.15, 0.2) is 0 Å². The maximum atomic E-state index is 5.94. The third-order valence-electron chi connectivity index (χ3n) is 5.81. The first-order valence-corrected chi connectivity index (χ1v) is 15.2. The summed E-state index contributed by atoms with van der Waals surface area (Å²) in [6.45, 7) is 21.5. The van der Waals surface area contributed by atoms with E-state index in [1.807, 2.05) is 0 Å². The Hall–Kier alpha value is 0.314. The van der Waals surface area contributed by atoms with Gasteiger partial charge in [-0.2, -0.15) is 0 Å². The van der Waals surface area contributed by atoms with Crippen molar-refractivity contribution in [1.29, 1.82) is 0 Å². The molecule has 1 aliphatic heterocycles. The van der Waals surface area contributed by atoms with Gasteiger partial charge in [-0.3, -0.25) is 0 Å². The van der Waals surface area contributed by atoms with Crippen molar-refractivity contribution in [2.45, 2.75) is 71.4 Å². The van der Waals surface area contributed by atoms with Crippen LogP contribution in [0.5, 0.6) is 0 Å². The predicted octanol–water partition coefficient (Wildman–Crippen LogP) is 4.24. The van der Waals surface area contributed by atoms with Crippen molar-refractivity contribution in [2.24, 2.45) is 0 Å². The van der Waals surface area contributed by atoms with Gasteiger partial charge in [-0.05, 0) is 57.2 Å². The summed E-state index contributed by atoms with van der Waals surface area (Å²) in [6, 6.07) is 5.58. The second-order valence-electron chi connectivity index (χ2n) is 7.41. The zero-order valence-corrected chi connectivity index (χ0v) is 18.1. The fourth-order valence-electron chi connectivity index (χ4n) is 4.06. The smallest absolute Gasteiger partial charge is 0.186 e. The van der Waals surface area contributed by atoms with Crippen molar-refractivity contribution in [2.75, 3.05) is 39.3 Å². The highest BCUT2D eigenvalue weighted by atomic mass is 28.4. The summed E-state index contributed by atoms with van der Waals surface area (Å²) in [5.41, 5.74) is 0. The van der Waals surface area contributed by atoms with Gasteiger partial charge in [0.2, 0.25) is 0 Å². The Bertz CT molecular complexity index is 293. The van der Waals surface area contributed by atoms with Crippen molar-refractivity contribution in [1.82, 2.24) is 9.47 Å². The normalized spacial score (nSPS) is 18.8. The predicted molar refractivity (Wildman–Crippen MR) is 104 cm³/mol. The summed E-state index contributed by atoms with van der Waals surface area (Å²) in [5.74, 6) is 0. The Balaban J connectivity index is 2.34. The molecular formula is C17H40N2OSi2. The van der Waals surface area contributed by atoms with E-state index >= 15 is 0 Å². The molecule has 0 amide bonds. The molecule has 3 nitrogen and oxygen atoms in total. The first-order chi connectivity index (χ1) is 10.4. The van der Waals surface area contributed by atoms with Gasteiger partial charge in [0.1, 0.15) is 8.24 Å². The van der Waals surface area contributed by atoms with Crippen LogP contribution >= 0.6 is 0 Å². The monoisotopic (exact) mass is 344 g/mol. The first kappa shape index (κ1) is 20.4. The molecule has 132 valence electrons. The Morgan fingerprint density at radius 2 is 1.41 bits per heavy atom. The van der Waals surface area contributed by atoms with Gasteiger partial charge in [-0.15, -0.1) is 0 Å². The number of hydrogen-bond acceptors (Lipinski definition) is 3. The third kappa shape index (κ3) is 5.75. The molecular weight excluding hydrogens is 304 g/mol. The molecule has 1 saturated heterocycles. The van der Waals surface area contributed by atoms with Crippen molar-refractivity contribution in [3.8, 4) is 0 Å². The van der Waals surface area contributed by atoms with Gasteiger partial charge in [0, 0.05) is 32.8 Å². The van der Waals surface area contributed by atoms with Crippen LogP contribution in [0.2, 0.25) is 37.3 Å². The lowest BCUT2D eigenvalue weighted by molar-refractivity contribution is 0.181. The second kappa shape index (κ2) is 9.57. The number of hydrogen-bond donors (Lipinski definition) is 0. The quantitative estimate of drug-likeness (QED) is 0.551. The summed E-state index contributed by atoms with van der Waals surface area (Å²) in [4.78, 5) is 2.69. The minimum absolute atomic E-state index is 0.885. The van der Waals surface area contributed by atoms with Crippen LogP contribution < -0.4 is 0 Å². The lowest BCUT2D eigenvalue weighted by Gasteiger charge is -2.46. The van der Waals surface area contributed by atoms with Crippen LogP contribution in [-0.2, 0) is 4.43 Å². The average molecular weight is 345 g/mol. The molecule has 0 aromatic carbocycles. The summed E-state index contributed by atoms with van der Waals surface area (Å²) < 4.78 is 8.85. The molecule has 0 radical (unpaired) electrons. The molecule has 0 saturated carbocycles. The second-order valence-corrected chi connectivity index (χ2v) is 16.9. The van der Waals surface area contributed by atoms with Crippen molar-refractivity contribution >= 4 is 16.6 Å². The molecule has 1 fully saturated rings. The largest absolute Gasteiger partial charge is 0.418 e. The van der Waals surface area contributed by atoms with E-state index in [-0.39, 0.29) is 0 Å². The molecule has 0 atom stereocenters. The Morgan fingerprint density at radius 1 is 0.864 bits per heavy atom. The molecule has 1 aliphatic rings. The average Bonchev–Trinajstić information content (AvgIpc) is 2.51. The van der Waals surface area contributed by atoms with Crippen LogP contribution in [0.3, 0.4) is 0 Å².